The van der Waals surface area contributed by atoms with Crippen LogP contribution in [0, 0.1) is 0 Å². The summed E-state index contributed by atoms with van der Waals surface area (Å²) in [5.41, 5.74) is 5.73. The second-order valence-electron chi connectivity index (χ2n) is 9.74. The molecule has 0 amide bonds. The molecule has 0 fully saturated rings. The molecule has 186 valence electrons. The van der Waals surface area contributed by atoms with Gasteiger partial charge in [0.2, 0.25) is 0 Å². The molecule has 0 bridgehead atoms. The number of benzene rings is 6. The van der Waals surface area contributed by atoms with Crippen molar-refractivity contribution in [1.82, 2.24) is 0 Å². The molecule has 0 saturated carbocycles. The first-order valence-electron chi connectivity index (χ1n) is 13.3. The second kappa shape index (κ2) is 9.58. The van der Waals surface area contributed by atoms with Gasteiger partial charge in [-0.15, -0.1) is 11.3 Å². The molecule has 7 aromatic rings. The fourth-order valence-corrected chi connectivity index (χ4v) is 7.16. The van der Waals surface area contributed by atoms with Gasteiger partial charge in [-0.1, -0.05) is 110 Å². The Labute approximate surface area is 232 Å². The summed E-state index contributed by atoms with van der Waals surface area (Å²) in [6, 6.07) is 41.7. The van der Waals surface area contributed by atoms with Gasteiger partial charge in [-0.2, -0.15) is 0 Å². The van der Waals surface area contributed by atoms with E-state index in [0.717, 1.165) is 22.5 Å². The van der Waals surface area contributed by atoms with E-state index in [-0.39, 0.29) is 0 Å². The van der Waals surface area contributed by atoms with Crippen molar-refractivity contribution >= 4 is 82.3 Å². The van der Waals surface area contributed by atoms with Gasteiger partial charge in [0.25, 0.3) is 0 Å². The van der Waals surface area contributed by atoms with E-state index in [2.05, 4.69) is 146 Å². The maximum atomic E-state index is 4.03. The van der Waals surface area contributed by atoms with E-state index in [0.29, 0.717) is 0 Å². The number of thiophene rings is 1. The molecule has 0 unspecified atom stereocenters. The van der Waals surface area contributed by atoms with Crippen LogP contribution in [0.25, 0.3) is 53.9 Å². The van der Waals surface area contributed by atoms with Gasteiger partial charge in [0.05, 0.1) is 10.4 Å². The van der Waals surface area contributed by atoms with Gasteiger partial charge >= 0.3 is 0 Å². The van der Waals surface area contributed by atoms with Crippen molar-refractivity contribution in [1.29, 1.82) is 0 Å². The molecular formula is C37H27NS. The zero-order valence-corrected chi connectivity index (χ0v) is 22.6. The molecule has 0 aliphatic rings. The zero-order chi connectivity index (χ0) is 26.3. The van der Waals surface area contributed by atoms with Crippen LogP contribution in [0.1, 0.15) is 18.1 Å². The molecule has 1 heterocycles. The summed E-state index contributed by atoms with van der Waals surface area (Å²) in [5, 5.41) is 7.88. The average Bonchev–Trinajstić information content (AvgIpc) is 3.39. The van der Waals surface area contributed by atoms with Crippen LogP contribution in [-0.4, -0.2) is 0 Å². The number of anilines is 3. The van der Waals surface area contributed by atoms with Crippen LogP contribution in [0.5, 0.6) is 0 Å². The highest BCUT2D eigenvalue weighted by molar-refractivity contribution is 7.27. The topological polar surface area (TPSA) is 3.24 Å². The molecule has 1 aromatic heterocycles. The average molecular weight is 518 g/mol. The molecule has 0 radical (unpaired) electrons. The summed E-state index contributed by atoms with van der Waals surface area (Å²) >= 11 is 1.90. The Morgan fingerprint density at radius 2 is 1.26 bits per heavy atom. The smallest absolute Gasteiger partial charge is 0.0640 e. The number of para-hydroxylation sites is 1. The molecule has 1 nitrogen and oxygen atoms in total. The Balaban J connectivity index is 1.59. The number of rotatable bonds is 5. The van der Waals surface area contributed by atoms with Crippen molar-refractivity contribution in [3.63, 3.8) is 0 Å². The second-order valence-corrected chi connectivity index (χ2v) is 10.8. The van der Waals surface area contributed by atoms with Gasteiger partial charge in [0.15, 0.2) is 0 Å². The molecular weight excluding hydrogens is 490 g/mol. The third-order valence-electron chi connectivity index (χ3n) is 7.50. The van der Waals surface area contributed by atoms with Gasteiger partial charge in [0.1, 0.15) is 0 Å². The fraction of sp³-hybridized carbons (Fsp3) is 0.0270. The van der Waals surface area contributed by atoms with Gasteiger partial charge in [-0.3, -0.25) is 0 Å². The lowest BCUT2D eigenvalue weighted by atomic mass is 9.97. The maximum absolute atomic E-state index is 4.03. The molecule has 0 aliphatic carbocycles. The summed E-state index contributed by atoms with van der Waals surface area (Å²) in [7, 11) is 0. The number of hydrogen-bond acceptors (Lipinski definition) is 2. The highest BCUT2D eigenvalue weighted by Gasteiger charge is 2.20. The fourth-order valence-electron chi connectivity index (χ4n) is 5.80. The highest BCUT2D eigenvalue weighted by Crippen LogP contribution is 2.49. The van der Waals surface area contributed by atoms with Gasteiger partial charge in [0, 0.05) is 32.2 Å². The summed E-state index contributed by atoms with van der Waals surface area (Å²) < 4.78 is 2.63. The summed E-state index contributed by atoms with van der Waals surface area (Å²) in [6.07, 6.45) is 6.17. The van der Waals surface area contributed by atoms with E-state index in [4.69, 9.17) is 0 Å². The molecule has 0 spiro atoms. The number of fused-ring (bicyclic) bond motifs is 8. The van der Waals surface area contributed by atoms with Crippen molar-refractivity contribution in [3.8, 4) is 0 Å². The predicted molar refractivity (Wildman–Crippen MR) is 174 cm³/mol. The van der Waals surface area contributed by atoms with Crippen molar-refractivity contribution in [3.05, 3.63) is 139 Å². The Morgan fingerprint density at radius 3 is 2.00 bits per heavy atom. The third-order valence-corrected chi connectivity index (χ3v) is 8.76. The number of hydrogen-bond donors (Lipinski definition) is 0. The van der Waals surface area contributed by atoms with Crippen molar-refractivity contribution in [2.45, 2.75) is 6.92 Å². The van der Waals surface area contributed by atoms with Crippen LogP contribution in [0.3, 0.4) is 0 Å². The van der Waals surface area contributed by atoms with Gasteiger partial charge in [-0.05, 0) is 64.5 Å². The minimum Gasteiger partial charge on any atom is -0.309 e. The number of nitrogens with zero attached hydrogens (tertiary/aromatic N) is 1. The molecule has 39 heavy (non-hydrogen) atoms. The van der Waals surface area contributed by atoms with Crippen LogP contribution in [0.15, 0.2) is 128 Å². The molecule has 7 rings (SSSR count). The Bertz CT molecular complexity index is 2050. The zero-order valence-electron chi connectivity index (χ0n) is 21.8. The standard InChI is InChI=1S/C37H27NS/c1-3-13-26-24-28(23-22-25(26)4-2)38(27-14-6-5-7-15-27)34-21-12-20-33-35-31-18-10-8-16-29(31)30-17-9-11-19-32(30)37(35)39-36(33)34/h3-24H,2H2,1H3/b13-3-. The van der Waals surface area contributed by atoms with E-state index in [9.17, 15) is 0 Å². The van der Waals surface area contributed by atoms with Crippen LogP contribution >= 0.6 is 11.3 Å². The lowest BCUT2D eigenvalue weighted by Crippen LogP contribution is -2.10. The van der Waals surface area contributed by atoms with Crippen LogP contribution in [0.4, 0.5) is 17.1 Å². The van der Waals surface area contributed by atoms with Crippen molar-refractivity contribution in [2.24, 2.45) is 0 Å². The van der Waals surface area contributed by atoms with E-state index in [1.165, 1.54) is 47.4 Å². The first kappa shape index (κ1) is 23.5. The van der Waals surface area contributed by atoms with Gasteiger partial charge < -0.3 is 4.90 Å². The summed E-state index contributed by atoms with van der Waals surface area (Å²) in [5.74, 6) is 0. The largest absolute Gasteiger partial charge is 0.309 e. The van der Waals surface area contributed by atoms with E-state index in [1.54, 1.807) is 0 Å². The quantitative estimate of drug-likeness (QED) is 0.205. The molecule has 2 heteroatoms. The monoisotopic (exact) mass is 517 g/mol. The summed E-state index contributed by atoms with van der Waals surface area (Å²) in [6.45, 7) is 6.09. The van der Waals surface area contributed by atoms with E-state index >= 15 is 0 Å². The lowest BCUT2D eigenvalue weighted by Gasteiger charge is -2.26. The van der Waals surface area contributed by atoms with E-state index < -0.39 is 0 Å². The third kappa shape index (κ3) is 3.76. The van der Waals surface area contributed by atoms with Crippen molar-refractivity contribution < 1.29 is 0 Å². The van der Waals surface area contributed by atoms with Crippen molar-refractivity contribution in [2.75, 3.05) is 4.90 Å². The molecule has 0 aliphatic heterocycles. The van der Waals surface area contributed by atoms with Gasteiger partial charge in [-0.25, -0.2) is 0 Å². The predicted octanol–water partition coefficient (Wildman–Crippen LogP) is 11.5. The first-order chi connectivity index (χ1) is 19.3. The van der Waals surface area contributed by atoms with Crippen LogP contribution in [0.2, 0.25) is 0 Å². The maximum Gasteiger partial charge on any atom is 0.0640 e. The Kier molecular flexibility index (Phi) is 5.76. The van der Waals surface area contributed by atoms with Crippen LogP contribution in [-0.2, 0) is 0 Å². The Hall–Kier alpha value is -4.66. The normalized spacial score (nSPS) is 11.7. The minimum absolute atomic E-state index is 1.12. The highest BCUT2D eigenvalue weighted by atomic mass is 32.1. The minimum atomic E-state index is 1.12. The molecule has 6 aromatic carbocycles. The molecule has 0 saturated heterocycles. The SMILES string of the molecule is C=Cc1ccc(N(c2ccccc2)c2cccc3c2sc2c4ccccc4c4ccccc4c32)cc1/C=C\C. The van der Waals surface area contributed by atoms with E-state index in [1.807, 2.05) is 17.4 Å². The molecule has 0 atom stereocenters. The lowest BCUT2D eigenvalue weighted by molar-refractivity contribution is 1.30. The first-order valence-corrected chi connectivity index (χ1v) is 14.1. The van der Waals surface area contributed by atoms with Crippen LogP contribution < -0.4 is 4.90 Å². The molecule has 0 N–H and O–H groups in total. The summed E-state index contributed by atoms with van der Waals surface area (Å²) in [4.78, 5) is 2.39. The Morgan fingerprint density at radius 1 is 0.590 bits per heavy atom. The number of allylic oxidation sites excluding steroid dienone is 1.